The first-order chi connectivity index (χ1) is 11.2. The second-order valence-corrected chi connectivity index (χ2v) is 6.25. The number of ether oxygens (including phenoxy) is 2. The Balaban J connectivity index is 1.97. The summed E-state index contributed by atoms with van der Waals surface area (Å²) in [4.78, 5) is 27.9. The van der Waals surface area contributed by atoms with Crippen molar-refractivity contribution in [3.05, 3.63) is 47.9 Å². The Bertz CT molecular complexity index is 717. The van der Waals surface area contributed by atoms with Crippen molar-refractivity contribution in [3.8, 4) is 0 Å². The van der Waals surface area contributed by atoms with Crippen LogP contribution in [0.2, 0.25) is 0 Å². The number of esters is 1. The zero-order chi connectivity index (χ0) is 17.7. The number of hydrogen-bond donors (Lipinski definition) is 1. The number of aromatic nitrogens is 2. The van der Waals surface area contributed by atoms with Crippen molar-refractivity contribution in [1.82, 2.24) is 9.55 Å². The number of nitrogens with zero attached hydrogens (tertiary/aromatic N) is 2. The van der Waals surface area contributed by atoms with Gasteiger partial charge in [0.1, 0.15) is 12.2 Å². The zero-order valence-corrected chi connectivity index (χ0v) is 14.2. The Morgan fingerprint density at radius 1 is 1.21 bits per heavy atom. The highest BCUT2D eigenvalue weighted by Crippen LogP contribution is 2.13. The molecule has 0 bridgehead atoms. The average molecular weight is 331 g/mol. The summed E-state index contributed by atoms with van der Waals surface area (Å²) in [5.41, 5.74) is 0.267. The Labute approximate surface area is 140 Å². The van der Waals surface area contributed by atoms with E-state index in [4.69, 9.17) is 9.47 Å². The van der Waals surface area contributed by atoms with Gasteiger partial charge in [-0.05, 0) is 26.3 Å². The number of carbonyl (C=O) groups is 2. The number of imidazole rings is 1. The van der Waals surface area contributed by atoms with Crippen molar-refractivity contribution in [1.29, 1.82) is 0 Å². The molecule has 0 atom stereocenters. The summed E-state index contributed by atoms with van der Waals surface area (Å²) in [6.45, 7) is 5.44. The van der Waals surface area contributed by atoms with E-state index in [0.717, 1.165) is 5.56 Å². The van der Waals surface area contributed by atoms with Gasteiger partial charge < -0.3 is 14.0 Å². The molecule has 0 saturated carbocycles. The van der Waals surface area contributed by atoms with Crippen molar-refractivity contribution in [3.63, 3.8) is 0 Å². The van der Waals surface area contributed by atoms with Gasteiger partial charge in [-0.3, -0.25) is 5.32 Å². The number of amides is 1. The normalized spacial score (nSPS) is 11.0. The van der Waals surface area contributed by atoms with E-state index in [1.807, 2.05) is 30.3 Å². The molecular formula is C17H21N3O4. The molecule has 7 nitrogen and oxygen atoms in total. The summed E-state index contributed by atoms with van der Waals surface area (Å²) in [5.74, 6) is -0.256. The maximum Gasteiger partial charge on any atom is 0.413 e. The van der Waals surface area contributed by atoms with Crippen molar-refractivity contribution in [2.75, 3.05) is 5.32 Å². The number of benzene rings is 1. The van der Waals surface area contributed by atoms with Crippen LogP contribution < -0.4 is 5.32 Å². The summed E-state index contributed by atoms with van der Waals surface area (Å²) in [6.07, 6.45) is 0.882. The third kappa shape index (κ3) is 5.12. The second-order valence-electron chi connectivity index (χ2n) is 6.25. The Morgan fingerprint density at radius 2 is 1.88 bits per heavy atom. The van der Waals surface area contributed by atoms with Gasteiger partial charge in [-0.15, -0.1) is 0 Å². The van der Waals surface area contributed by atoms with Gasteiger partial charge in [-0.1, -0.05) is 30.3 Å². The number of carbonyl (C=O) groups excluding carboxylic acids is 2. The smallest absolute Gasteiger partial charge is 0.413 e. The number of rotatable bonds is 4. The lowest BCUT2D eigenvalue weighted by molar-refractivity contribution is 0.0453. The molecule has 24 heavy (non-hydrogen) atoms. The summed E-state index contributed by atoms with van der Waals surface area (Å²) >= 11 is 0. The maximum absolute atomic E-state index is 12.1. The van der Waals surface area contributed by atoms with Gasteiger partial charge in [-0.25, -0.2) is 14.6 Å². The van der Waals surface area contributed by atoms with Gasteiger partial charge in [0.05, 0.1) is 0 Å². The van der Waals surface area contributed by atoms with E-state index in [9.17, 15) is 9.59 Å². The third-order valence-electron chi connectivity index (χ3n) is 2.90. The fourth-order valence-electron chi connectivity index (χ4n) is 1.91. The first-order valence-electron chi connectivity index (χ1n) is 7.49. The maximum atomic E-state index is 12.1. The van der Waals surface area contributed by atoms with Gasteiger partial charge in [0, 0.05) is 13.2 Å². The first kappa shape index (κ1) is 17.5. The SMILES string of the molecule is Cn1cc(NC(=O)OC(C)(C)C)nc1C(=O)OCc1ccccc1. The summed E-state index contributed by atoms with van der Waals surface area (Å²) in [6, 6.07) is 9.35. The van der Waals surface area contributed by atoms with Gasteiger partial charge in [0.25, 0.3) is 0 Å². The van der Waals surface area contributed by atoms with Crippen LogP contribution in [0, 0.1) is 0 Å². The van der Waals surface area contributed by atoms with Gasteiger partial charge in [-0.2, -0.15) is 0 Å². The molecule has 0 spiro atoms. The van der Waals surface area contributed by atoms with Crippen LogP contribution in [0.3, 0.4) is 0 Å². The quantitative estimate of drug-likeness (QED) is 0.870. The minimum absolute atomic E-state index is 0.0944. The van der Waals surface area contributed by atoms with Crippen LogP contribution in [0.25, 0.3) is 0 Å². The molecule has 7 heteroatoms. The van der Waals surface area contributed by atoms with E-state index in [1.165, 1.54) is 10.8 Å². The Kier molecular flexibility index (Phi) is 5.23. The van der Waals surface area contributed by atoms with Crippen molar-refractivity contribution < 1.29 is 19.1 Å². The van der Waals surface area contributed by atoms with E-state index in [0.29, 0.717) is 0 Å². The van der Waals surface area contributed by atoms with Crippen molar-refractivity contribution in [2.24, 2.45) is 7.05 Å². The number of aryl methyl sites for hydroxylation is 1. The molecule has 2 aromatic rings. The highest BCUT2D eigenvalue weighted by Gasteiger charge is 2.20. The molecule has 128 valence electrons. The summed E-state index contributed by atoms with van der Waals surface area (Å²) < 4.78 is 11.9. The molecule has 0 saturated heterocycles. The van der Waals surface area contributed by atoms with E-state index < -0.39 is 17.7 Å². The van der Waals surface area contributed by atoms with Crippen molar-refractivity contribution >= 4 is 17.9 Å². The highest BCUT2D eigenvalue weighted by molar-refractivity contribution is 5.88. The molecule has 0 radical (unpaired) electrons. The molecular weight excluding hydrogens is 310 g/mol. The molecule has 0 aliphatic rings. The van der Waals surface area contributed by atoms with Gasteiger partial charge >= 0.3 is 12.1 Å². The predicted octanol–water partition coefficient (Wildman–Crippen LogP) is 3.12. The van der Waals surface area contributed by atoms with E-state index >= 15 is 0 Å². The second kappa shape index (κ2) is 7.16. The van der Waals surface area contributed by atoms with Crippen LogP contribution >= 0.6 is 0 Å². The van der Waals surface area contributed by atoms with Gasteiger partial charge in [0.2, 0.25) is 5.82 Å². The highest BCUT2D eigenvalue weighted by atomic mass is 16.6. The van der Waals surface area contributed by atoms with Crippen LogP contribution in [0.4, 0.5) is 10.6 Å². The van der Waals surface area contributed by atoms with Crippen LogP contribution in [-0.4, -0.2) is 27.2 Å². The van der Waals surface area contributed by atoms with Crippen LogP contribution in [0.15, 0.2) is 36.5 Å². The molecule has 1 heterocycles. The molecule has 0 aliphatic carbocycles. The van der Waals surface area contributed by atoms with E-state index in [1.54, 1.807) is 27.8 Å². The number of anilines is 1. The molecule has 1 N–H and O–H groups in total. The fraction of sp³-hybridized carbons (Fsp3) is 0.353. The fourth-order valence-corrected chi connectivity index (χ4v) is 1.91. The molecule has 0 unspecified atom stereocenters. The summed E-state index contributed by atoms with van der Waals surface area (Å²) in [7, 11) is 1.65. The molecule has 1 aromatic carbocycles. The van der Waals surface area contributed by atoms with Crippen LogP contribution in [0.5, 0.6) is 0 Å². The number of nitrogens with one attached hydrogen (secondary N) is 1. The van der Waals surface area contributed by atoms with Crippen molar-refractivity contribution in [2.45, 2.75) is 33.0 Å². The lowest BCUT2D eigenvalue weighted by Crippen LogP contribution is -2.27. The largest absolute Gasteiger partial charge is 0.455 e. The van der Waals surface area contributed by atoms with Crippen LogP contribution in [-0.2, 0) is 23.1 Å². The zero-order valence-electron chi connectivity index (χ0n) is 14.2. The first-order valence-corrected chi connectivity index (χ1v) is 7.49. The topological polar surface area (TPSA) is 82.5 Å². The molecule has 2 rings (SSSR count). The minimum atomic E-state index is -0.634. The number of hydrogen-bond acceptors (Lipinski definition) is 5. The molecule has 0 fully saturated rings. The summed E-state index contributed by atoms with van der Waals surface area (Å²) in [5, 5.41) is 2.49. The Morgan fingerprint density at radius 3 is 2.50 bits per heavy atom. The van der Waals surface area contributed by atoms with Crippen LogP contribution in [0.1, 0.15) is 37.0 Å². The van der Waals surface area contributed by atoms with E-state index in [-0.39, 0.29) is 18.2 Å². The van der Waals surface area contributed by atoms with E-state index in [2.05, 4.69) is 10.3 Å². The molecule has 0 aliphatic heterocycles. The standard InChI is InChI=1S/C17H21N3O4/c1-17(2,3)24-16(22)19-13-10-20(4)14(18-13)15(21)23-11-12-8-6-5-7-9-12/h5-10H,11H2,1-4H3,(H,19,22). The lowest BCUT2D eigenvalue weighted by Gasteiger charge is -2.18. The lowest BCUT2D eigenvalue weighted by atomic mass is 10.2. The minimum Gasteiger partial charge on any atom is -0.455 e. The average Bonchev–Trinajstić information content (AvgIpc) is 2.84. The predicted molar refractivity (Wildman–Crippen MR) is 88.6 cm³/mol. The molecule has 1 aromatic heterocycles. The molecule has 1 amide bonds. The van der Waals surface area contributed by atoms with Gasteiger partial charge in [0.15, 0.2) is 5.82 Å². The Hall–Kier alpha value is -2.83. The third-order valence-corrected chi connectivity index (χ3v) is 2.90. The monoisotopic (exact) mass is 331 g/mol.